The summed E-state index contributed by atoms with van der Waals surface area (Å²) in [7, 11) is -1.85. The van der Waals surface area contributed by atoms with Crippen LogP contribution in [-0.4, -0.2) is 86.7 Å². The number of aliphatic hydroxyl groups is 1. The Balaban J connectivity index is 1.32. The molecule has 12 nitrogen and oxygen atoms in total. The van der Waals surface area contributed by atoms with Crippen molar-refractivity contribution in [3.8, 4) is 5.75 Å². The van der Waals surface area contributed by atoms with Crippen LogP contribution in [0.4, 0.5) is 17.1 Å². The summed E-state index contributed by atoms with van der Waals surface area (Å²) in [5.74, 6) is -0.420. The van der Waals surface area contributed by atoms with Crippen molar-refractivity contribution in [3.05, 3.63) is 101 Å². The van der Waals surface area contributed by atoms with Crippen molar-refractivity contribution < 1.29 is 32.6 Å². The van der Waals surface area contributed by atoms with Gasteiger partial charge in [0.05, 0.1) is 41.8 Å². The molecular formula is C40H51N5O7S2. The minimum absolute atomic E-state index is 0.145. The topological polar surface area (TPSA) is 164 Å². The van der Waals surface area contributed by atoms with Crippen molar-refractivity contribution in [2.45, 2.75) is 69.0 Å². The molecule has 1 aromatic heterocycles. The predicted molar refractivity (Wildman–Crippen MR) is 214 cm³/mol. The van der Waals surface area contributed by atoms with Gasteiger partial charge < -0.3 is 30.5 Å². The lowest BCUT2D eigenvalue weighted by molar-refractivity contribution is -0.0177. The Bertz CT molecular complexity index is 1960. The van der Waals surface area contributed by atoms with Crippen LogP contribution in [0.1, 0.15) is 66.3 Å². The van der Waals surface area contributed by atoms with Crippen molar-refractivity contribution in [1.29, 1.82) is 0 Å². The van der Waals surface area contributed by atoms with Crippen LogP contribution in [0.3, 0.4) is 0 Å². The Morgan fingerprint density at radius 3 is 2.54 bits per heavy atom. The number of hydrogen-bond donors (Lipinski definition) is 4. The SMILES string of the molecule is C[C@@H]1CCCCO[C@H](CN(C)Cc2ccc(C(=O)Nc3ccccc3N)cc2)[C@@H](C)CN([C@H](C)CO)C(=O)c2cc(NS(=O)(=O)c3cccs3)ccc2O1. The highest BCUT2D eigenvalue weighted by Gasteiger charge is 2.31. The van der Waals surface area contributed by atoms with E-state index in [0.717, 1.165) is 36.2 Å². The standard InChI is InChI=1S/C40H51N5O7S2/c1-27-23-45(28(2)26-46)40(48)33-22-32(43-54(49,50)38-13-9-21-53-38)18-19-36(33)52-29(3)10-7-8-20-51-37(27)25-44(4)24-30-14-16-31(17-15-30)39(47)42-35-12-6-5-11-34(35)41/h5-6,9,11-19,21-22,27-29,37,43,46H,7-8,10,20,23-26,41H2,1-4H3,(H,42,47)/t27-,28+,29+,37+/m0/s1. The molecule has 3 aromatic carbocycles. The van der Waals surface area contributed by atoms with Gasteiger partial charge in [0.1, 0.15) is 9.96 Å². The van der Waals surface area contributed by atoms with Crippen molar-refractivity contribution in [2.24, 2.45) is 5.92 Å². The molecule has 4 aromatic rings. The number of nitrogens with one attached hydrogen (secondary N) is 2. The van der Waals surface area contributed by atoms with Crippen LogP contribution >= 0.6 is 11.3 Å². The number of ether oxygens (including phenoxy) is 2. The molecule has 2 amide bonds. The molecule has 0 bridgehead atoms. The molecule has 0 aliphatic carbocycles. The second-order valence-electron chi connectivity index (χ2n) is 14.0. The van der Waals surface area contributed by atoms with E-state index >= 15 is 0 Å². The van der Waals surface area contributed by atoms with E-state index in [9.17, 15) is 23.1 Å². The Morgan fingerprint density at radius 1 is 1.07 bits per heavy atom. The molecule has 4 atom stereocenters. The number of thiophene rings is 1. The van der Waals surface area contributed by atoms with Crippen molar-refractivity contribution in [1.82, 2.24) is 9.80 Å². The first-order chi connectivity index (χ1) is 25.8. The number of nitrogens with two attached hydrogens (primary N) is 1. The first-order valence-corrected chi connectivity index (χ1v) is 20.5. The van der Waals surface area contributed by atoms with E-state index < -0.39 is 16.1 Å². The summed E-state index contributed by atoms with van der Waals surface area (Å²) in [4.78, 5) is 31.1. The maximum Gasteiger partial charge on any atom is 0.271 e. The van der Waals surface area contributed by atoms with E-state index in [1.807, 2.05) is 45.2 Å². The smallest absolute Gasteiger partial charge is 0.271 e. The zero-order valence-electron chi connectivity index (χ0n) is 31.2. The lowest BCUT2D eigenvalue weighted by Gasteiger charge is -2.36. The molecule has 1 aliphatic heterocycles. The van der Waals surface area contributed by atoms with Gasteiger partial charge in [0.15, 0.2) is 0 Å². The maximum atomic E-state index is 14.4. The third kappa shape index (κ3) is 10.8. The van der Waals surface area contributed by atoms with Gasteiger partial charge in [-0.1, -0.05) is 37.3 Å². The minimum Gasteiger partial charge on any atom is -0.490 e. The number of carbonyl (C=O) groups excluding carboxylic acids is 2. The summed E-state index contributed by atoms with van der Waals surface area (Å²) in [6.07, 6.45) is 1.94. The number of carbonyl (C=O) groups is 2. The van der Waals surface area contributed by atoms with Crippen LogP contribution in [0.15, 0.2) is 88.5 Å². The fraction of sp³-hybridized carbons (Fsp3) is 0.400. The molecule has 1 aliphatic rings. The molecule has 14 heteroatoms. The summed E-state index contributed by atoms with van der Waals surface area (Å²) in [6.45, 7) is 7.47. The van der Waals surface area contributed by atoms with Gasteiger partial charge in [0, 0.05) is 43.4 Å². The lowest BCUT2D eigenvalue weighted by Crippen LogP contribution is -2.47. The Labute approximate surface area is 322 Å². The molecule has 0 spiro atoms. The first kappa shape index (κ1) is 40.7. The summed E-state index contributed by atoms with van der Waals surface area (Å²) >= 11 is 1.10. The number of sulfonamides is 1. The Morgan fingerprint density at radius 2 is 1.83 bits per heavy atom. The number of aliphatic hydroxyl groups excluding tert-OH is 1. The van der Waals surface area contributed by atoms with Gasteiger partial charge in [-0.3, -0.25) is 19.2 Å². The van der Waals surface area contributed by atoms with Crippen molar-refractivity contribution >= 4 is 50.2 Å². The number of nitrogen functional groups attached to an aromatic ring is 1. The number of benzene rings is 3. The Kier molecular flexibility index (Phi) is 14.1. The fourth-order valence-electron chi connectivity index (χ4n) is 6.32. The summed E-state index contributed by atoms with van der Waals surface area (Å²) in [5, 5.41) is 14.8. The summed E-state index contributed by atoms with van der Waals surface area (Å²) in [6, 6.07) is 21.9. The number of fused-ring (bicyclic) bond motifs is 1. The van der Waals surface area contributed by atoms with Gasteiger partial charge in [0.2, 0.25) is 0 Å². The van der Waals surface area contributed by atoms with Crippen LogP contribution in [0, 0.1) is 5.92 Å². The molecule has 0 radical (unpaired) electrons. The molecule has 0 saturated carbocycles. The van der Waals surface area contributed by atoms with E-state index in [2.05, 4.69) is 14.9 Å². The molecule has 0 saturated heterocycles. The highest BCUT2D eigenvalue weighted by molar-refractivity contribution is 7.94. The van der Waals surface area contributed by atoms with E-state index in [-0.39, 0.29) is 58.6 Å². The van der Waals surface area contributed by atoms with Crippen molar-refractivity contribution in [2.75, 3.05) is 49.1 Å². The third-order valence-corrected chi connectivity index (χ3v) is 12.2. The van der Waals surface area contributed by atoms with Gasteiger partial charge >= 0.3 is 0 Å². The number of anilines is 3. The van der Waals surface area contributed by atoms with E-state index in [4.69, 9.17) is 15.2 Å². The highest BCUT2D eigenvalue weighted by Crippen LogP contribution is 2.30. The van der Waals surface area contributed by atoms with Crippen LogP contribution in [0.2, 0.25) is 0 Å². The lowest BCUT2D eigenvalue weighted by atomic mass is 10.0. The van der Waals surface area contributed by atoms with Crippen molar-refractivity contribution in [3.63, 3.8) is 0 Å². The minimum atomic E-state index is -3.86. The molecule has 5 rings (SSSR count). The molecule has 0 fully saturated rings. The number of amides is 2. The molecule has 290 valence electrons. The zero-order valence-corrected chi connectivity index (χ0v) is 32.9. The number of rotatable bonds is 11. The van der Waals surface area contributed by atoms with E-state index in [1.165, 1.54) is 12.1 Å². The van der Waals surface area contributed by atoms with Gasteiger partial charge in [-0.05, 0) is 99.6 Å². The van der Waals surface area contributed by atoms with E-state index in [1.54, 1.807) is 59.7 Å². The zero-order chi connectivity index (χ0) is 38.8. The molecule has 5 N–H and O–H groups in total. The number of para-hydroxylation sites is 2. The monoisotopic (exact) mass is 777 g/mol. The molecule has 0 unspecified atom stereocenters. The predicted octanol–water partition coefficient (Wildman–Crippen LogP) is 6.31. The molecular weight excluding hydrogens is 727 g/mol. The molecule has 54 heavy (non-hydrogen) atoms. The average Bonchev–Trinajstić information content (AvgIpc) is 3.71. The Hall–Kier alpha value is -4.47. The quantitative estimate of drug-likeness (QED) is 0.128. The summed E-state index contributed by atoms with van der Waals surface area (Å²) < 4.78 is 41.7. The van der Waals surface area contributed by atoms with Gasteiger partial charge in [-0.2, -0.15) is 0 Å². The maximum absolute atomic E-state index is 14.4. The van der Waals surface area contributed by atoms with Gasteiger partial charge in [-0.25, -0.2) is 8.42 Å². The number of hydrogen-bond acceptors (Lipinski definition) is 10. The normalized spacial score (nSPS) is 19.3. The van der Waals surface area contributed by atoms with E-state index in [0.29, 0.717) is 42.4 Å². The number of nitrogens with zero attached hydrogens (tertiary/aromatic N) is 2. The number of likely N-dealkylation sites (N-methyl/N-ethyl adjacent to an activating group) is 1. The highest BCUT2D eigenvalue weighted by atomic mass is 32.2. The third-order valence-electron chi connectivity index (χ3n) is 9.43. The molecule has 2 heterocycles. The van der Waals surface area contributed by atoms with Gasteiger partial charge in [0.25, 0.3) is 21.8 Å². The van der Waals surface area contributed by atoms with Gasteiger partial charge in [-0.15, -0.1) is 11.3 Å². The largest absolute Gasteiger partial charge is 0.490 e. The average molecular weight is 778 g/mol. The fourth-order valence-corrected chi connectivity index (χ4v) is 8.36. The summed E-state index contributed by atoms with van der Waals surface area (Å²) in [5.41, 5.74) is 9.01. The second-order valence-corrected chi connectivity index (χ2v) is 16.8. The van der Waals surface area contributed by atoms with Crippen LogP contribution in [0.25, 0.3) is 0 Å². The van der Waals surface area contributed by atoms with Crippen LogP contribution < -0.4 is 20.5 Å². The van der Waals surface area contributed by atoms with Crippen LogP contribution in [0.5, 0.6) is 5.75 Å². The second kappa shape index (κ2) is 18.7. The van der Waals surface area contributed by atoms with Crippen LogP contribution in [-0.2, 0) is 21.3 Å². The first-order valence-electron chi connectivity index (χ1n) is 18.2.